The summed E-state index contributed by atoms with van der Waals surface area (Å²) in [6.45, 7) is 1.27. The molecule has 2 aromatic rings. The van der Waals surface area contributed by atoms with Crippen molar-refractivity contribution in [2.24, 2.45) is 0 Å². The van der Waals surface area contributed by atoms with E-state index in [-0.39, 0.29) is 6.04 Å². The van der Waals surface area contributed by atoms with Crippen LogP contribution in [0.4, 0.5) is 0 Å². The molecular weight excluding hydrogens is 286 g/mol. The zero-order valence-electron chi connectivity index (χ0n) is 12.0. The van der Waals surface area contributed by atoms with Gasteiger partial charge in [-0.1, -0.05) is 6.07 Å². The molecule has 6 heteroatoms. The summed E-state index contributed by atoms with van der Waals surface area (Å²) < 4.78 is 27.6. The maximum atomic E-state index is 13.0. The number of fused-ring (bicyclic) bond motifs is 1. The van der Waals surface area contributed by atoms with Crippen molar-refractivity contribution in [1.29, 1.82) is 0 Å². The molecular formula is C15H19N3O2S. The molecule has 0 aliphatic carbocycles. The molecule has 5 nitrogen and oxygen atoms in total. The first-order valence-electron chi connectivity index (χ1n) is 7.15. The zero-order chi connectivity index (χ0) is 14.9. The van der Waals surface area contributed by atoms with Gasteiger partial charge in [-0.3, -0.25) is 4.98 Å². The van der Waals surface area contributed by atoms with E-state index in [0.717, 1.165) is 12.8 Å². The van der Waals surface area contributed by atoms with E-state index in [1.54, 1.807) is 28.7 Å². The van der Waals surface area contributed by atoms with Crippen molar-refractivity contribution in [2.45, 2.75) is 23.8 Å². The van der Waals surface area contributed by atoms with Crippen LogP contribution in [0.25, 0.3) is 10.9 Å². The number of sulfonamides is 1. The minimum atomic E-state index is -3.48. The first-order valence-corrected chi connectivity index (χ1v) is 8.59. The predicted molar refractivity (Wildman–Crippen MR) is 82.6 cm³/mol. The summed E-state index contributed by atoms with van der Waals surface area (Å²) in [5.74, 6) is 0. The average Bonchev–Trinajstić information content (AvgIpc) is 2.96. The average molecular weight is 305 g/mol. The zero-order valence-corrected chi connectivity index (χ0v) is 12.8. The van der Waals surface area contributed by atoms with Crippen LogP contribution in [0.2, 0.25) is 0 Å². The van der Waals surface area contributed by atoms with E-state index in [2.05, 4.69) is 10.3 Å². The van der Waals surface area contributed by atoms with Crippen molar-refractivity contribution >= 4 is 20.9 Å². The highest BCUT2D eigenvalue weighted by atomic mass is 32.2. The Hall–Kier alpha value is -1.50. The van der Waals surface area contributed by atoms with E-state index in [1.165, 1.54) is 0 Å². The Morgan fingerprint density at radius 3 is 3.00 bits per heavy atom. The predicted octanol–water partition coefficient (Wildman–Crippen LogP) is 1.61. The van der Waals surface area contributed by atoms with Gasteiger partial charge in [0, 0.05) is 30.7 Å². The van der Waals surface area contributed by atoms with Gasteiger partial charge in [0.2, 0.25) is 10.0 Å². The van der Waals surface area contributed by atoms with Crippen LogP contribution in [0.1, 0.15) is 12.8 Å². The Morgan fingerprint density at radius 1 is 1.33 bits per heavy atom. The van der Waals surface area contributed by atoms with Crippen LogP contribution in [0, 0.1) is 0 Å². The molecule has 1 aromatic carbocycles. The topological polar surface area (TPSA) is 62.3 Å². The van der Waals surface area contributed by atoms with Crippen LogP contribution in [0.5, 0.6) is 0 Å². The summed E-state index contributed by atoms with van der Waals surface area (Å²) in [7, 11) is -1.63. The summed E-state index contributed by atoms with van der Waals surface area (Å²) in [5.41, 5.74) is 0.711. The van der Waals surface area contributed by atoms with Gasteiger partial charge in [0.15, 0.2) is 0 Å². The highest BCUT2D eigenvalue weighted by Gasteiger charge is 2.35. The van der Waals surface area contributed by atoms with Gasteiger partial charge in [0.25, 0.3) is 0 Å². The van der Waals surface area contributed by atoms with E-state index in [0.29, 0.717) is 28.9 Å². The first kappa shape index (κ1) is 14.4. The lowest BCUT2D eigenvalue weighted by molar-refractivity contribution is 0.379. The molecule has 1 saturated heterocycles. The minimum absolute atomic E-state index is 0.0342. The number of hydrogen-bond donors (Lipinski definition) is 1. The molecule has 1 unspecified atom stereocenters. The SMILES string of the molecule is CNCC1CCCN1S(=O)(=O)c1cccc2ncccc12. The molecule has 112 valence electrons. The van der Waals surface area contributed by atoms with E-state index in [1.807, 2.05) is 19.2 Å². The normalized spacial score (nSPS) is 20.1. The first-order chi connectivity index (χ1) is 10.1. The van der Waals surface area contributed by atoms with Crippen molar-refractivity contribution in [3.63, 3.8) is 0 Å². The fourth-order valence-electron chi connectivity index (χ4n) is 2.99. The Bertz CT molecular complexity index is 740. The third-order valence-corrected chi connectivity index (χ3v) is 5.97. The number of pyridine rings is 1. The largest absolute Gasteiger partial charge is 0.318 e. The Labute approximate surface area is 125 Å². The molecule has 1 aliphatic rings. The molecule has 21 heavy (non-hydrogen) atoms. The Morgan fingerprint density at radius 2 is 2.19 bits per heavy atom. The third kappa shape index (κ3) is 2.54. The van der Waals surface area contributed by atoms with Crippen LogP contribution in [-0.4, -0.2) is 43.9 Å². The molecule has 1 fully saturated rings. The van der Waals surface area contributed by atoms with E-state index in [4.69, 9.17) is 0 Å². The quantitative estimate of drug-likeness (QED) is 0.932. The molecule has 0 bridgehead atoms. The Balaban J connectivity index is 2.08. The summed E-state index contributed by atoms with van der Waals surface area (Å²) in [4.78, 5) is 4.60. The van der Waals surface area contributed by atoms with Crippen molar-refractivity contribution in [3.05, 3.63) is 36.5 Å². The van der Waals surface area contributed by atoms with Crippen LogP contribution in [0.3, 0.4) is 0 Å². The lowest BCUT2D eigenvalue weighted by atomic mass is 10.2. The Kier molecular flexibility index (Phi) is 3.93. The smallest absolute Gasteiger partial charge is 0.244 e. The maximum Gasteiger partial charge on any atom is 0.244 e. The number of hydrogen-bond acceptors (Lipinski definition) is 4. The van der Waals surface area contributed by atoms with Crippen molar-refractivity contribution < 1.29 is 8.42 Å². The van der Waals surface area contributed by atoms with Gasteiger partial charge in [0.1, 0.15) is 0 Å². The summed E-state index contributed by atoms with van der Waals surface area (Å²) in [6.07, 6.45) is 3.50. The second kappa shape index (κ2) is 5.71. The standard InChI is InChI=1S/C15H19N3O2S/c1-16-11-12-5-4-10-18(12)21(19,20)15-8-2-7-14-13(15)6-3-9-17-14/h2-3,6-9,12,16H,4-5,10-11H2,1H3. The number of benzene rings is 1. The molecule has 3 rings (SSSR count). The lowest BCUT2D eigenvalue weighted by Gasteiger charge is -2.24. The van der Waals surface area contributed by atoms with Crippen molar-refractivity contribution in [2.75, 3.05) is 20.1 Å². The molecule has 1 N–H and O–H groups in total. The second-order valence-corrected chi connectivity index (χ2v) is 7.15. The number of rotatable bonds is 4. The molecule has 0 spiro atoms. The number of aromatic nitrogens is 1. The highest BCUT2D eigenvalue weighted by molar-refractivity contribution is 7.89. The van der Waals surface area contributed by atoms with Crippen LogP contribution < -0.4 is 5.32 Å². The third-order valence-electron chi connectivity index (χ3n) is 3.96. The molecule has 0 amide bonds. The molecule has 1 aromatic heterocycles. The molecule has 0 saturated carbocycles. The van der Waals surface area contributed by atoms with E-state index < -0.39 is 10.0 Å². The molecule has 1 atom stereocenters. The molecule has 0 radical (unpaired) electrons. The van der Waals surface area contributed by atoms with Gasteiger partial charge in [-0.25, -0.2) is 8.42 Å². The van der Waals surface area contributed by atoms with E-state index >= 15 is 0 Å². The fraction of sp³-hybridized carbons (Fsp3) is 0.400. The van der Waals surface area contributed by atoms with E-state index in [9.17, 15) is 8.42 Å². The summed E-state index contributed by atoms with van der Waals surface area (Å²) >= 11 is 0. The fourth-order valence-corrected chi connectivity index (χ4v) is 4.89. The van der Waals surface area contributed by atoms with Crippen LogP contribution >= 0.6 is 0 Å². The van der Waals surface area contributed by atoms with Crippen LogP contribution in [0.15, 0.2) is 41.4 Å². The number of nitrogens with zero attached hydrogens (tertiary/aromatic N) is 2. The summed E-state index contributed by atoms with van der Waals surface area (Å²) in [6, 6.07) is 8.89. The minimum Gasteiger partial charge on any atom is -0.318 e. The van der Waals surface area contributed by atoms with Crippen molar-refractivity contribution in [1.82, 2.24) is 14.6 Å². The van der Waals surface area contributed by atoms with Gasteiger partial charge in [0.05, 0.1) is 10.4 Å². The van der Waals surface area contributed by atoms with Crippen molar-refractivity contribution in [3.8, 4) is 0 Å². The number of nitrogens with one attached hydrogen (secondary N) is 1. The molecule has 1 aliphatic heterocycles. The lowest BCUT2D eigenvalue weighted by Crippen LogP contribution is -2.40. The van der Waals surface area contributed by atoms with Gasteiger partial charge in [-0.15, -0.1) is 0 Å². The number of likely N-dealkylation sites (N-methyl/N-ethyl adjacent to an activating group) is 1. The van der Waals surface area contributed by atoms with Gasteiger partial charge in [-0.05, 0) is 44.2 Å². The van der Waals surface area contributed by atoms with Crippen LogP contribution in [-0.2, 0) is 10.0 Å². The monoisotopic (exact) mass is 305 g/mol. The molecule has 2 heterocycles. The van der Waals surface area contributed by atoms with Gasteiger partial charge < -0.3 is 5.32 Å². The van der Waals surface area contributed by atoms with Gasteiger partial charge >= 0.3 is 0 Å². The second-order valence-electron chi connectivity index (χ2n) is 5.30. The maximum absolute atomic E-state index is 13.0. The highest BCUT2D eigenvalue weighted by Crippen LogP contribution is 2.29. The van der Waals surface area contributed by atoms with Gasteiger partial charge in [-0.2, -0.15) is 4.31 Å². The summed E-state index contributed by atoms with van der Waals surface area (Å²) in [5, 5.41) is 3.77.